The van der Waals surface area contributed by atoms with E-state index in [1.165, 1.54) is 11.0 Å². The third-order valence-corrected chi connectivity index (χ3v) is 8.42. The lowest BCUT2D eigenvalue weighted by atomic mass is 9.94. The summed E-state index contributed by atoms with van der Waals surface area (Å²) in [6, 6.07) is 7.30. The molecule has 4 aliphatic rings. The van der Waals surface area contributed by atoms with Gasteiger partial charge in [0.1, 0.15) is 17.7 Å². The summed E-state index contributed by atoms with van der Waals surface area (Å²) < 4.78 is 64.9. The molecule has 0 spiro atoms. The number of ether oxygens (including phenoxy) is 2. The van der Waals surface area contributed by atoms with E-state index in [-0.39, 0.29) is 49.8 Å². The Hall–Kier alpha value is -2.96. The van der Waals surface area contributed by atoms with Gasteiger partial charge in [-0.25, -0.2) is 9.37 Å². The number of alkyl halides is 3. The van der Waals surface area contributed by atoms with E-state index in [2.05, 4.69) is 22.1 Å². The Morgan fingerprint density at radius 1 is 1.12 bits per heavy atom. The first-order valence-corrected chi connectivity index (χ1v) is 13.7. The third-order valence-electron chi connectivity index (χ3n) is 8.42. The van der Waals surface area contributed by atoms with Crippen molar-refractivity contribution in [2.45, 2.75) is 63.7 Å². The second kappa shape index (κ2) is 10.5. The van der Waals surface area contributed by atoms with Crippen LogP contribution >= 0.6 is 0 Å². The molecule has 4 aliphatic heterocycles. The fourth-order valence-electron chi connectivity index (χ4n) is 6.46. The molecule has 0 unspecified atom stereocenters. The lowest BCUT2D eigenvalue weighted by molar-refractivity contribution is -0.149. The number of aromatic nitrogens is 1. The van der Waals surface area contributed by atoms with Crippen molar-refractivity contribution in [2.24, 2.45) is 5.92 Å². The molecule has 3 fully saturated rings. The summed E-state index contributed by atoms with van der Waals surface area (Å²) in [6.07, 6.45) is -2.60. The maximum absolute atomic E-state index is 14.2. The highest BCUT2D eigenvalue weighted by Crippen LogP contribution is 2.41. The zero-order valence-electron chi connectivity index (χ0n) is 22.5. The van der Waals surface area contributed by atoms with E-state index in [0.717, 1.165) is 11.9 Å². The number of anilines is 4. The number of nitrogens with one attached hydrogen (secondary N) is 1. The van der Waals surface area contributed by atoms with Gasteiger partial charge in [-0.2, -0.15) is 13.2 Å². The van der Waals surface area contributed by atoms with E-state index < -0.39 is 24.5 Å². The molecule has 0 aliphatic carbocycles. The topological polar surface area (TPSA) is 70.2 Å². The molecule has 1 N–H and O–H groups in total. The smallest absolute Gasteiger partial charge is 0.373 e. The third kappa shape index (κ3) is 5.24. The van der Waals surface area contributed by atoms with Crippen LogP contribution in [0.2, 0.25) is 0 Å². The van der Waals surface area contributed by atoms with E-state index in [9.17, 15) is 22.4 Å². The van der Waals surface area contributed by atoms with Crippen molar-refractivity contribution >= 4 is 28.8 Å². The van der Waals surface area contributed by atoms with Gasteiger partial charge in [0.2, 0.25) is 5.91 Å². The molecule has 12 heteroatoms. The first-order chi connectivity index (χ1) is 19.1. The number of hydrogen-bond donors (Lipinski definition) is 1. The number of morpholine rings is 1. The van der Waals surface area contributed by atoms with E-state index in [0.29, 0.717) is 48.8 Å². The van der Waals surface area contributed by atoms with Gasteiger partial charge in [0.25, 0.3) is 0 Å². The number of pyridine rings is 1. The number of hydrogen-bond acceptors (Lipinski definition) is 7. The highest BCUT2D eigenvalue weighted by atomic mass is 19.4. The van der Waals surface area contributed by atoms with E-state index in [1.807, 2.05) is 25.1 Å². The van der Waals surface area contributed by atoms with Crippen LogP contribution in [0.4, 0.5) is 40.4 Å². The second-order valence-corrected chi connectivity index (χ2v) is 11.2. The average Bonchev–Trinajstić information content (AvgIpc) is 3.20. The Morgan fingerprint density at radius 2 is 1.90 bits per heavy atom. The van der Waals surface area contributed by atoms with Crippen LogP contribution in [0.5, 0.6) is 0 Å². The van der Waals surface area contributed by atoms with Crippen molar-refractivity contribution < 1.29 is 31.8 Å². The number of amides is 1. The molecule has 0 bridgehead atoms. The van der Waals surface area contributed by atoms with Crippen LogP contribution < -0.4 is 15.1 Å². The maximum Gasteiger partial charge on any atom is 0.401 e. The average molecular weight is 564 g/mol. The summed E-state index contributed by atoms with van der Waals surface area (Å²) in [5.41, 5.74) is 2.71. The molecule has 2 aromatic rings. The number of likely N-dealkylation sites (tertiary alicyclic amines) is 1. The molecule has 1 aromatic carbocycles. The van der Waals surface area contributed by atoms with E-state index in [1.54, 1.807) is 4.90 Å². The molecular weight excluding hydrogens is 530 g/mol. The lowest BCUT2D eigenvalue weighted by Crippen LogP contribution is -2.56. The molecule has 0 saturated carbocycles. The van der Waals surface area contributed by atoms with Crippen LogP contribution in [-0.2, 0) is 20.8 Å². The van der Waals surface area contributed by atoms with Gasteiger partial charge in [0, 0.05) is 17.2 Å². The summed E-state index contributed by atoms with van der Waals surface area (Å²) in [7, 11) is 0. The molecule has 40 heavy (non-hydrogen) atoms. The number of carbonyl (C=O) groups excluding carboxylic acids is 1. The summed E-state index contributed by atoms with van der Waals surface area (Å²) in [5.74, 6) is -0.679. The number of piperidine rings is 1. The normalized spacial score (nSPS) is 27.4. The van der Waals surface area contributed by atoms with Crippen LogP contribution in [0.1, 0.15) is 32.3 Å². The molecule has 5 heterocycles. The molecule has 0 radical (unpaired) electrons. The van der Waals surface area contributed by atoms with Crippen molar-refractivity contribution in [3.8, 4) is 0 Å². The maximum atomic E-state index is 14.2. The van der Waals surface area contributed by atoms with Gasteiger partial charge in [-0.05, 0) is 64.0 Å². The van der Waals surface area contributed by atoms with E-state index in [4.69, 9.17) is 9.47 Å². The van der Waals surface area contributed by atoms with Gasteiger partial charge in [-0.15, -0.1) is 0 Å². The first-order valence-electron chi connectivity index (χ1n) is 13.7. The highest BCUT2D eigenvalue weighted by Gasteiger charge is 2.45. The summed E-state index contributed by atoms with van der Waals surface area (Å²) in [4.78, 5) is 23.5. The molecular formula is C28H33F4N5O3. The fraction of sp³-hybridized carbons (Fsp3) is 0.571. The van der Waals surface area contributed by atoms with E-state index >= 15 is 0 Å². The van der Waals surface area contributed by atoms with Crippen LogP contribution in [-0.4, -0.2) is 79.1 Å². The van der Waals surface area contributed by atoms with Crippen LogP contribution in [0.25, 0.3) is 0 Å². The second-order valence-electron chi connectivity index (χ2n) is 11.2. The Bertz CT molecular complexity index is 1270. The van der Waals surface area contributed by atoms with Gasteiger partial charge in [0.05, 0.1) is 62.1 Å². The van der Waals surface area contributed by atoms with Crippen molar-refractivity contribution in [3.05, 3.63) is 41.8 Å². The van der Waals surface area contributed by atoms with Crippen molar-refractivity contribution in [1.82, 2.24) is 9.88 Å². The number of benzene rings is 1. The minimum absolute atomic E-state index is 0.0191. The molecule has 4 atom stereocenters. The Labute approximate surface area is 230 Å². The van der Waals surface area contributed by atoms with Gasteiger partial charge < -0.3 is 24.6 Å². The van der Waals surface area contributed by atoms with Gasteiger partial charge >= 0.3 is 6.18 Å². The molecule has 8 nitrogen and oxygen atoms in total. The summed E-state index contributed by atoms with van der Waals surface area (Å²) in [5, 5.41) is 3.27. The number of fused-ring (bicyclic) bond motifs is 3. The molecule has 3 saturated heterocycles. The number of rotatable bonds is 3. The van der Waals surface area contributed by atoms with Crippen molar-refractivity contribution in [3.63, 3.8) is 0 Å². The van der Waals surface area contributed by atoms with Gasteiger partial charge in [-0.1, -0.05) is 0 Å². The Kier molecular flexibility index (Phi) is 7.12. The summed E-state index contributed by atoms with van der Waals surface area (Å²) in [6.45, 7) is 4.65. The molecule has 1 aromatic heterocycles. The predicted molar refractivity (Wildman–Crippen MR) is 141 cm³/mol. The zero-order chi connectivity index (χ0) is 28.2. The SMILES string of the molecule is C[C@H]1OC[C@@H]2[C@H]1OC[C@H](C)N2c1ccc2c(c1)N(C(=O)C1CCN(CC(F)(F)F)CC1)Cc1cc(F)cnc1N2. The van der Waals surface area contributed by atoms with Gasteiger partial charge in [0.15, 0.2) is 0 Å². The first kappa shape index (κ1) is 27.2. The lowest BCUT2D eigenvalue weighted by Gasteiger charge is -2.44. The zero-order valence-corrected chi connectivity index (χ0v) is 22.5. The quantitative estimate of drug-likeness (QED) is 0.553. The van der Waals surface area contributed by atoms with Crippen LogP contribution in [0.15, 0.2) is 30.5 Å². The monoisotopic (exact) mass is 563 g/mol. The number of nitrogens with zero attached hydrogens (tertiary/aromatic N) is 4. The van der Waals surface area contributed by atoms with Gasteiger partial charge in [-0.3, -0.25) is 9.69 Å². The van der Waals surface area contributed by atoms with Crippen LogP contribution in [0.3, 0.4) is 0 Å². The van der Waals surface area contributed by atoms with Crippen molar-refractivity contribution in [1.29, 1.82) is 0 Å². The Morgan fingerprint density at radius 3 is 2.65 bits per heavy atom. The number of halogens is 4. The predicted octanol–water partition coefficient (Wildman–Crippen LogP) is 4.47. The summed E-state index contributed by atoms with van der Waals surface area (Å²) >= 11 is 0. The minimum Gasteiger partial charge on any atom is -0.373 e. The number of carbonyl (C=O) groups is 1. The van der Waals surface area contributed by atoms with Crippen LogP contribution in [0, 0.1) is 11.7 Å². The minimum atomic E-state index is -4.28. The largest absolute Gasteiger partial charge is 0.401 e. The standard InChI is InChI=1S/C28H33F4N5O3/c1-16-13-40-25-17(2)39-14-24(25)37(16)21-3-4-22-23(10-21)36(12-19-9-20(29)11-33-26(19)34-22)27(38)18-5-7-35(8-6-18)15-28(30,31)32/h3-4,9-11,16-18,24-25H,5-8,12-15H2,1-2H3,(H,33,34)/t16-,17+,24+,25-/m0/s1. The Balaban J connectivity index is 1.33. The fourth-order valence-corrected chi connectivity index (χ4v) is 6.46. The molecule has 216 valence electrons. The highest BCUT2D eigenvalue weighted by molar-refractivity contribution is 6.00. The molecule has 6 rings (SSSR count). The van der Waals surface area contributed by atoms with Crippen molar-refractivity contribution in [2.75, 3.05) is 48.0 Å². The molecule has 1 amide bonds.